The van der Waals surface area contributed by atoms with Crippen molar-refractivity contribution in [3.63, 3.8) is 0 Å². The maximum absolute atomic E-state index is 12.4. The molecule has 0 unspecified atom stereocenters. The molecular formula is C18H23N3O2. The zero-order valence-electron chi connectivity index (χ0n) is 13.5. The summed E-state index contributed by atoms with van der Waals surface area (Å²) in [7, 11) is 1.64. The standard InChI is InChI=1S/C18H23N3O2/c1-23-16-5-4-13-9-14(18(22)19-17(13)10-16)11-20-7-8-21-6-2-3-15(21)12-20/h4-5,9-10,15H,2-3,6-8,11-12H2,1H3,(H,19,22)/t15-/m0/s1. The number of aromatic nitrogens is 1. The first kappa shape index (κ1) is 14.7. The van der Waals surface area contributed by atoms with Crippen molar-refractivity contribution >= 4 is 10.9 Å². The molecule has 0 amide bonds. The van der Waals surface area contributed by atoms with Gasteiger partial charge < -0.3 is 9.72 Å². The highest BCUT2D eigenvalue weighted by molar-refractivity contribution is 5.80. The average molecular weight is 313 g/mol. The Morgan fingerprint density at radius 3 is 3.04 bits per heavy atom. The maximum atomic E-state index is 12.4. The zero-order valence-corrected chi connectivity index (χ0v) is 13.5. The van der Waals surface area contributed by atoms with Crippen LogP contribution in [0.4, 0.5) is 0 Å². The van der Waals surface area contributed by atoms with Gasteiger partial charge in [-0.15, -0.1) is 0 Å². The van der Waals surface area contributed by atoms with Gasteiger partial charge >= 0.3 is 0 Å². The lowest BCUT2D eigenvalue weighted by Crippen LogP contribution is -2.49. The van der Waals surface area contributed by atoms with Crippen LogP contribution in [0, 0.1) is 0 Å². The highest BCUT2D eigenvalue weighted by Crippen LogP contribution is 2.23. The van der Waals surface area contributed by atoms with Gasteiger partial charge in [-0.1, -0.05) is 0 Å². The molecule has 5 heteroatoms. The summed E-state index contributed by atoms with van der Waals surface area (Å²) in [5.41, 5.74) is 1.70. The number of ether oxygens (including phenoxy) is 1. The second-order valence-electron chi connectivity index (χ2n) is 6.64. The van der Waals surface area contributed by atoms with Gasteiger partial charge in [0.25, 0.3) is 5.56 Å². The monoisotopic (exact) mass is 313 g/mol. The second kappa shape index (κ2) is 5.98. The number of pyridine rings is 1. The number of rotatable bonds is 3. The molecule has 5 nitrogen and oxygen atoms in total. The minimum Gasteiger partial charge on any atom is -0.497 e. The number of nitrogens with one attached hydrogen (secondary N) is 1. The van der Waals surface area contributed by atoms with Crippen LogP contribution in [0.3, 0.4) is 0 Å². The molecule has 0 aliphatic carbocycles. The molecule has 0 bridgehead atoms. The zero-order chi connectivity index (χ0) is 15.8. The molecule has 4 rings (SSSR count). The summed E-state index contributed by atoms with van der Waals surface area (Å²) >= 11 is 0. The van der Waals surface area contributed by atoms with Crippen LogP contribution in [0.2, 0.25) is 0 Å². The minimum atomic E-state index is 0.0135. The van der Waals surface area contributed by atoms with Gasteiger partial charge in [-0.25, -0.2) is 0 Å². The van der Waals surface area contributed by atoms with Crippen LogP contribution in [-0.2, 0) is 6.54 Å². The number of methoxy groups -OCH3 is 1. The normalized spacial score (nSPS) is 22.4. The molecule has 122 valence electrons. The van der Waals surface area contributed by atoms with Crippen molar-refractivity contribution in [3.8, 4) is 5.75 Å². The van der Waals surface area contributed by atoms with Crippen molar-refractivity contribution in [2.75, 3.05) is 33.3 Å². The Hall–Kier alpha value is -1.85. The van der Waals surface area contributed by atoms with Crippen molar-refractivity contribution in [1.29, 1.82) is 0 Å². The Morgan fingerprint density at radius 2 is 2.17 bits per heavy atom. The SMILES string of the molecule is COc1ccc2cc(CN3CCN4CCC[C@H]4C3)c(=O)[nH]c2c1. The van der Waals surface area contributed by atoms with E-state index in [-0.39, 0.29) is 5.56 Å². The lowest BCUT2D eigenvalue weighted by molar-refractivity contribution is 0.0991. The van der Waals surface area contributed by atoms with Crippen molar-refractivity contribution in [3.05, 3.63) is 40.2 Å². The predicted octanol–water partition coefficient (Wildman–Crippen LogP) is 1.82. The highest BCUT2D eigenvalue weighted by Gasteiger charge is 2.30. The fraction of sp³-hybridized carbons (Fsp3) is 0.500. The number of hydrogen-bond acceptors (Lipinski definition) is 4. The quantitative estimate of drug-likeness (QED) is 0.939. The van der Waals surface area contributed by atoms with Crippen LogP contribution >= 0.6 is 0 Å². The fourth-order valence-corrected chi connectivity index (χ4v) is 3.91. The number of H-pyrrole nitrogens is 1. The van der Waals surface area contributed by atoms with Crippen LogP contribution in [0.25, 0.3) is 10.9 Å². The van der Waals surface area contributed by atoms with Crippen molar-refractivity contribution in [2.24, 2.45) is 0 Å². The number of benzene rings is 1. The molecule has 0 radical (unpaired) electrons. The Kier molecular flexibility index (Phi) is 3.83. The summed E-state index contributed by atoms with van der Waals surface area (Å²) < 4.78 is 5.22. The average Bonchev–Trinajstić information content (AvgIpc) is 3.03. The molecule has 23 heavy (non-hydrogen) atoms. The van der Waals surface area contributed by atoms with Crippen LogP contribution in [-0.4, -0.2) is 54.1 Å². The Labute approximate surface area is 135 Å². The van der Waals surface area contributed by atoms with E-state index in [4.69, 9.17) is 4.74 Å². The van der Waals surface area contributed by atoms with Gasteiger partial charge in [0, 0.05) is 43.9 Å². The summed E-state index contributed by atoms with van der Waals surface area (Å²) in [4.78, 5) is 20.4. The molecule has 1 aromatic heterocycles. The largest absolute Gasteiger partial charge is 0.497 e. The molecule has 1 N–H and O–H groups in total. The van der Waals surface area contributed by atoms with Crippen LogP contribution in [0.1, 0.15) is 18.4 Å². The number of hydrogen-bond donors (Lipinski definition) is 1. The van der Waals surface area contributed by atoms with E-state index in [1.54, 1.807) is 7.11 Å². The first-order chi connectivity index (χ1) is 11.2. The van der Waals surface area contributed by atoms with Gasteiger partial charge in [0.15, 0.2) is 0 Å². The summed E-state index contributed by atoms with van der Waals surface area (Å²) in [5.74, 6) is 0.762. The van der Waals surface area contributed by atoms with Crippen LogP contribution in [0.5, 0.6) is 5.75 Å². The summed E-state index contributed by atoms with van der Waals surface area (Å²) in [6.07, 6.45) is 2.61. The Bertz CT molecular complexity index is 770. The molecule has 1 aromatic carbocycles. The molecule has 0 spiro atoms. The molecule has 0 saturated carbocycles. The van der Waals surface area contributed by atoms with E-state index in [0.29, 0.717) is 6.04 Å². The van der Waals surface area contributed by atoms with Crippen molar-refractivity contribution < 1.29 is 4.74 Å². The fourth-order valence-electron chi connectivity index (χ4n) is 3.91. The van der Waals surface area contributed by atoms with Gasteiger partial charge in [-0.2, -0.15) is 0 Å². The van der Waals surface area contributed by atoms with Gasteiger partial charge in [-0.3, -0.25) is 14.6 Å². The summed E-state index contributed by atoms with van der Waals surface area (Å²) in [6.45, 7) is 5.25. The lowest BCUT2D eigenvalue weighted by atomic mass is 10.1. The smallest absolute Gasteiger partial charge is 0.252 e. The number of aromatic amines is 1. The second-order valence-corrected chi connectivity index (χ2v) is 6.64. The van der Waals surface area contributed by atoms with E-state index in [9.17, 15) is 4.79 Å². The predicted molar refractivity (Wildman–Crippen MR) is 91.0 cm³/mol. The molecule has 2 aliphatic rings. The molecule has 2 aliphatic heterocycles. The van der Waals surface area contributed by atoms with Gasteiger partial charge in [0.05, 0.1) is 12.6 Å². The topological polar surface area (TPSA) is 48.6 Å². The molecule has 2 saturated heterocycles. The van der Waals surface area contributed by atoms with E-state index in [1.807, 2.05) is 24.3 Å². The van der Waals surface area contributed by atoms with Crippen LogP contribution in [0.15, 0.2) is 29.1 Å². The summed E-state index contributed by atoms with van der Waals surface area (Å²) in [5, 5.41) is 1.06. The highest BCUT2D eigenvalue weighted by atomic mass is 16.5. The Balaban J connectivity index is 1.56. The molecule has 2 fully saturated rings. The number of piperazine rings is 1. The molecule has 2 aromatic rings. The van der Waals surface area contributed by atoms with E-state index in [1.165, 1.54) is 19.4 Å². The first-order valence-corrected chi connectivity index (χ1v) is 8.39. The third kappa shape index (κ3) is 2.86. The molecule has 1 atom stereocenters. The maximum Gasteiger partial charge on any atom is 0.252 e. The van der Waals surface area contributed by atoms with Crippen molar-refractivity contribution in [1.82, 2.24) is 14.8 Å². The third-order valence-corrected chi connectivity index (χ3v) is 5.20. The van der Waals surface area contributed by atoms with Crippen molar-refractivity contribution in [2.45, 2.75) is 25.4 Å². The lowest BCUT2D eigenvalue weighted by Gasteiger charge is -2.37. The van der Waals surface area contributed by atoms with E-state index in [2.05, 4.69) is 14.8 Å². The van der Waals surface area contributed by atoms with Gasteiger partial charge in [-0.05, 0) is 43.0 Å². The number of fused-ring (bicyclic) bond motifs is 2. The molecular weight excluding hydrogens is 290 g/mol. The van der Waals surface area contributed by atoms with E-state index in [0.717, 1.165) is 48.4 Å². The first-order valence-electron chi connectivity index (χ1n) is 8.39. The van der Waals surface area contributed by atoms with E-state index >= 15 is 0 Å². The summed E-state index contributed by atoms with van der Waals surface area (Å²) in [6, 6.07) is 8.52. The van der Waals surface area contributed by atoms with E-state index < -0.39 is 0 Å². The van der Waals surface area contributed by atoms with Crippen LogP contribution < -0.4 is 10.3 Å². The third-order valence-electron chi connectivity index (χ3n) is 5.20. The Morgan fingerprint density at radius 1 is 1.26 bits per heavy atom. The minimum absolute atomic E-state index is 0.0135. The van der Waals surface area contributed by atoms with Gasteiger partial charge in [0.1, 0.15) is 5.75 Å². The molecule has 3 heterocycles. The van der Waals surface area contributed by atoms with Gasteiger partial charge in [0.2, 0.25) is 0 Å². The number of nitrogens with zero attached hydrogens (tertiary/aromatic N) is 2.